The van der Waals surface area contributed by atoms with Crippen molar-refractivity contribution >= 4 is 39.3 Å². The second kappa shape index (κ2) is 7.22. The van der Waals surface area contributed by atoms with Crippen LogP contribution in [0.3, 0.4) is 0 Å². The monoisotopic (exact) mass is 392 g/mol. The summed E-state index contributed by atoms with van der Waals surface area (Å²) in [5, 5.41) is 0.566. The van der Waals surface area contributed by atoms with Crippen LogP contribution in [-0.2, 0) is 16.1 Å². The van der Waals surface area contributed by atoms with Crippen LogP contribution < -0.4 is 11.3 Å². The molecule has 1 aromatic heterocycles. The number of benzene rings is 1. The molecule has 0 spiro atoms. The van der Waals surface area contributed by atoms with E-state index in [1.807, 2.05) is 20.8 Å². The summed E-state index contributed by atoms with van der Waals surface area (Å²) in [6, 6.07) is 5.10. The second-order valence-corrected chi connectivity index (χ2v) is 8.60. The molecule has 2 heterocycles. The SMILES string of the molecule is CC(C)(C)OC(=O)N1CCN(C(=O)Cn2sc3cc(N)ccc3c2=O)CC1. The Morgan fingerprint density at radius 2 is 1.78 bits per heavy atom. The average molecular weight is 392 g/mol. The number of anilines is 1. The molecule has 2 N–H and O–H groups in total. The van der Waals surface area contributed by atoms with Crippen LogP contribution in [0.2, 0.25) is 0 Å². The van der Waals surface area contributed by atoms with Crippen LogP contribution >= 0.6 is 11.5 Å². The van der Waals surface area contributed by atoms with Gasteiger partial charge in [0.2, 0.25) is 5.91 Å². The number of hydrogen-bond acceptors (Lipinski definition) is 6. The number of piperazine rings is 1. The normalized spacial score (nSPS) is 15.2. The first-order chi connectivity index (χ1) is 12.6. The van der Waals surface area contributed by atoms with E-state index in [2.05, 4.69) is 0 Å². The van der Waals surface area contributed by atoms with E-state index in [4.69, 9.17) is 10.5 Å². The first-order valence-electron chi connectivity index (χ1n) is 8.79. The fraction of sp³-hybridized carbons (Fsp3) is 0.500. The van der Waals surface area contributed by atoms with Gasteiger partial charge in [-0.3, -0.25) is 13.5 Å². The molecule has 1 saturated heterocycles. The molecule has 1 fully saturated rings. The maximum absolute atomic E-state index is 12.6. The van der Waals surface area contributed by atoms with Gasteiger partial charge in [0.25, 0.3) is 5.56 Å². The molecule has 8 nitrogen and oxygen atoms in total. The maximum Gasteiger partial charge on any atom is 0.410 e. The van der Waals surface area contributed by atoms with E-state index in [-0.39, 0.29) is 24.1 Å². The Morgan fingerprint density at radius 3 is 2.41 bits per heavy atom. The Kier molecular flexibility index (Phi) is 5.14. The first-order valence-corrected chi connectivity index (χ1v) is 9.56. The lowest BCUT2D eigenvalue weighted by molar-refractivity contribution is -0.133. The molecular weight excluding hydrogens is 368 g/mol. The van der Waals surface area contributed by atoms with Gasteiger partial charge in [-0.2, -0.15) is 0 Å². The van der Waals surface area contributed by atoms with Crippen LogP contribution in [0.4, 0.5) is 10.5 Å². The number of carbonyl (C=O) groups excluding carboxylic acids is 2. The molecule has 0 saturated carbocycles. The van der Waals surface area contributed by atoms with Gasteiger partial charge in [0.15, 0.2) is 0 Å². The molecule has 2 aromatic rings. The van der Waals surface area contributed by atoms with Crippen molar-refractivity contribution in [3.8, 4) is 0 Å². The van der Waals surface area contributed by atoms with E-state index in [1.165, 1.54) is 15.5 Å². The predicted octanol–water partition coefficient (Wildman–Crippen LogP) is 1.72. The van der Waals surface area contributed by atoms with Crippen molar-refractivity contribution in [2.75, 3.05) is 31.9 Å². The van der Waals surface area contributed by atoms with Gasteiger partial charge in [0, 0.05) is 31.9 Å². The maximum atomic E-state index is 12.6. The molecule has 0 unspecified atom stereocenters. The number of carbonyl (C=O) groups is 2. The van der Waals surface area contributed by atoms with E-state index < -0.39 is 5.60 Å². The number of nitrogen functional groups attached to an aromatic ring is 1. The topological polar surface area (TPSA) is 97.9 Å². The molecular formula is C18H24N4O4S. The van der Waals surface area contributed by atoms with Gasteiger partial charge < -0.3 is 20.3 Å². The number of aromatic nitrogens is 1. The summed E-state index contributed by atoms with van der Waals surface area (Å²) >= 11 is 1.23. The fourth-order valence-corrected chi connectivity index (χ4v) is 3.91. The van der Waals surface area contributed by atoms with Gasteiger partial charge in [-0.1, -0.05) is 11.5 Å². The highest BCUT2D eigenvalue weighted by molar-refractivity contribution is 7.13. The number of fused-ring (bicyclic) bond motifs is 1. The number of nitrogens with zero attached hydrogens (tertiary/aromatic N) is 3. The van der Waals surface area contributed by atoms with Crippen molar-refractivity contribution < 1.29 is 14.3 Å². The summed E-state index contributed by atoms with van der Waals surface area (Å²) in [5.74, 6) is -0.138. The Hall–Kier alpha value is -2.55. The van der Waals surface area contributed by atoms with E-state index in [1.54, 1.807) is 28.0 Å². The van der Waals surface area contributed by atoms with Crippen molar-refractivity contribution in [2.24, 2.45) is 0 Å². The van der Waals surface area contributed by atoms with E-state index in [0.717, 1.165) is 4.70 Å². The number of amides is 2. The standard InChI is InChI=1S/C18H24N4O4S/c1-18(2,3)26-17(25)21-8-6-20(7-9-21)15(23)11-22-16(24)13-5-4-12(19)10-14(13)27-22/h4-5,10H,6-9,11,19H2,1-3H3. The molecule has 9 heteroatoms. The Morgan fingerprint density at radius 1 is 1.15 bits per heavy atom. The summed E-state index contributed by atoms with van der Waals surface area (Å²) in [6.07, 6.45) is -0.368. The number of nitrogens with two attached hydrogens (primary N) is 1. The summed E-state index contributed by atoms with van der Waals surface area (Å²) < 4.78 is 7.57. The smallest absolute Gasteiger partial charge is 0.410 e. The molecule has 0 radical (unpaired) electrons. The van der Waals surface area contributed by atoms with Crippen molar-refractivity contribution in [2.45, 2.75) is 32.9 Å². The third-order valence-electron chi connectivity index (χ3n) is 4.23. The average Bonchev–Trinajstić information content (AvgIpc) is 2.88. The van der Waals surface area contributed by atoms with Gasteiger partial charge in [-0.05, 0) is 39.0 Å². The number of hydrogen-bond donors (Lipinski definition) is 1. The third kappa shape index (κ3) is 4.41. The third-order valence-corrected chi connectivity index (χ3v) is 5.28. The number of ether oxygens (including phenoxy) is 1. The highest BCUT2D eigenvalue weighted by atomic mass is 32.1. The molecule has 0 atom stereocenters. The van der Waals surface area contributed by atoms with Crippen LogP contribution in [0.5, 0.6) is 0 Å². The zero-order valence-electron chi connectivity index (χ0n) is 15.7. The van der Waals surface area contributed by atoms with Crippen molar-refractivity contribution in [3.63, 3.8) is 0 Å². The highest BCUT2D eigenvalue weighted by Crippen LogP contribution is 2.20. The van der Waals surface area contributed by atoms with Crippen LogP contribution in [0, 0.1) is 0 Å². The van der Waals surface area contributed by atoms with Crippen molar-refractivity contribution in [1.29, 1.82) is 0 Å². The molecule has 3 rings (SSSR count). The quantitative estimate of drug-likeness (QED) is 0.785. The van der Waals surface area contributed by atoms with Gasteiger partial charge >= 0.3 is 6.09 Å². The van der Waals surface area contributed by atoms with E-state index in [9.17, 15) is 14.4 Å². The summed E-state index contributed by atoms with van der Waals surface area (Å²) in [5.41, 5.74) is 5.61. The fourth-order valence-electron chi connectivity index (χ4n) is 2.88. The molecule has 1 aliphatic rings. The van der Waals surface area contributed by atoms with E-state index >= 15 is 0 Å². The van der Waals surface area contributed by atoms with Gasteiger partial charge in [-0.15, -0.1) is 0 Å². The molecule has 27 heavy (non-hydrogen) atoms. The molecule has 2 amide bonds. The van der Waals surface area contributed by atoms with Crippen LogP contribution in [0.25, 0.3) is 10.1 Å². The van der Waals surface area contributed by atoms with Crippen molar-refractivity contribution in [1.82, 2.24) is 13.8 Å². The Labute approximate surface area is 161 Å². The van der Waals surface area contributed by atoms with E-state index in [0.29, 0.717) is 37.3 Å². The molecule has 146 valence electrons. The molecule has 1 aliphatic heterocycles. The Balaban J connectivity index is 1.61. The van der Waals surface area contributed by atoms with Gasteiger partial charge in [-0.25, -0.2) is 4.79 Å². The van der Waals surface area contributed by atoms with Crippen molar-refractivity contribution in [3.05, 3.63) is 28.6 Å². The lowest BCUT2D eigenvalue weighted by Crippen LogP contribution is -2.52. The minimum Gasteiger partial charge on any atom is -0.444 e. The van der Waals surface area contributed by atoms with Crippen LogP contribution in [-0.4, -0.2) is 57.5 Å². The van der Waals surface area contributed by atoms with Gasteiger partial charge in [0.1, 0.15) is 12.1 Å². The molecule has 1 aromatic carbocycles. The minimum atomic E-state index is -0.546. The minimum absolute atomic E-state index is 0.00940. The summed E-state index contributed by atoms with van der Waals surface area (Å²) in [6.45, 7) is 7.12. The molecule has 0 aliphatic carbocycles. The molecule has 0 bridgehead atoms. The van der Waals surface area contributed by atoms with Gasteiger partial charge in [0.05, 0.1) is 10.1 Å². The lowest BCUT2D eigenvalue weighted by atomic mass is 10.2. The second-order valence-electron chi connectivity index (χ2n) is 7.54. The summed E-state index contributed by atoms with van der Waals surface area (Å²) in [7, 11) is 0. The largest absolute Gasteiger partial charge is 0.444 e. The lowest BCUT2D eigenvalue weighted by Gasteiger charge is -2.35. The van der Waals surface area contributed by atoms with Crippen LogP contribution in [0.1, 0.15) is 20.8 Å². The zero-order valence-corrected chi connectivity index (χ0v) is 16.5. The Bertz CT molecular complexity index is 920. The predicted molar refractivity (Wildman–Crippen MR) is 105 cm³/mol. The first kappa shape index (κ1) is 19.2. The number of rotatable bonds is 2. The summed E-state index contributed by atoms with van der Waals surface area (Å²) in [4.78, 5) is 40.4. The highest BCUT2D eigenvalue weighted by Gasteiger charge is 2.28. The van der Waals surface area contributed by atoms with Crippen LogP contribution in [0.15, 0.2) is 23.0 Å². The zero-order chi connectivity index (χ0) is 19.8.